The molecule has 0 aromatic heterocycles. The SMILES string of the molecule is CCCOC(CC)c1ccc2c3c(cccc13)C(=O)N(OS(=O)(=O)C(F)(F)F)C2=O. The molecule has 0 N–H and O–H groups in total. The highest BCUT2D eigenvalue weighted by Gasteiger charge is 2.51. The molecule has 0 bridgehead atoms. The topological polar surface area (TPSA) is 90.0 Å². The number of imide groups is 1. The third-order valence-corrected chi connectivity index (χ3v) is 5.51. The van der Waals surface area contributed by atoms with Crippen LogP contribution in [-0.2, 0) is 19.1 Å². The highest BCUT2D eigenvalue weighted by Crippen LogP contribution is 2.37. The van der Waals surface area contributed by atoms with Gasteiger partial charge in [0.2, 0.25) is 0 Å². The minimum Gasteiger partial charge on any atom is -0.374 e. The van der Waals surface area contributed by atoms with Crippen LogP contribution in [0, 0.1) is 0 Å². The van der Waals surface area contributed by atoms with Crippen molar-refractivity contribution >= 4 is 32.7 Å². The molecule has 162 valence electrons. The van der Waals surface area contributed by atoms with E-state index in [0.717, 1.165) is 6.42 Å². The Bertz CT molecular complexity index is 1090. The molecule has 0 saturated heterocycles. The van der Waals surface area contributed by atoms with Gasteiger partial charge >= 0.3 is 15.6 Å². The number of hydrogen-bond donors (Lipinski definition) is 0. The van der Waals surface area contributed by atoms with Crippen molar-refractivity contribution in [2.75, 3.05) is 6.61 Å². The normalized spacial score (nSPS) is 15.7. The van der Waals surface area contributed by atoms with Crippen molar-refractivity contribution in [3.05, 3.63) is 47.0 Å². The molecule has 7 nitrogen and oxygen atoms in total. The first-order valence-corrected chi connectivity index (χ1v) is 10.5. The summed E-state index contributed by atoms with van der Waals surface area (Å²) in [7, 11) is -6.21. The molecule has 0 aliphatic carbocycles. The molecule has 30 heavy (non-hydrogen) atoms. The number of ether oxygens (including phenoxy) is 1. The molecule has 1 aliphatic rings. The Hall–Kier alpha value is -2.50. The largest absolute Gasteiger partial charge is 0.525 e. The van der Waals surface area contributed by atoms with Crippen LogP contribution in [0.15, 0.2) is 30.3 Å². The van der Waals surface area contributed by atoms with Gasteiger partial charge in [0.05, 0.1) is 17.2 Å². The minimum atomic E-state index is -6.21. The Morgan fingerprint density at radius 3 is 2.23 bits per heavy atom. The van der Waals surface area contributed by atoms with Crippen LogP contribution in [0.5, 0.6) is 0 Å². The first-order valence-electron chi connectivity index (χ1n) is 9.10. The fourth-order valence-electron chi connectivity index (χ4n) is 3.27. The van der Waals surface area contributed by atoms with Crippen LogP contribution in [0.25, 0.3) is 10.8 Å². The number of nitrogens with zero attached hydrogens (tertiary/aromatic N) is 1. The van der Waals surface area contributed by atoms with E-state index >= 15 is 0 Å². The lowest BCUT2D eigenvalue weighted by atomic mass is 9.90. The van der Waals surface area contributed by atoms with E-state index in [1.165, 1.54) is 18.2 Å². The Morgan fingerprint density at radius 2 is 1.67 bits per heavy atom. The van der Waals surface area contributed by atoms with Crippen molar-refractivity contribution in [3.63, 3.8) is 0 Å². The van der Waals surface area contributed by atoms with Gasteiger partial charge in [-0.05, 0) is 35.9 Å². The maximum Gasteiger partial charge on any atom is 0.525 e. The smallest absolute Gasteiger partial charge is 0.374 e. The summed E-state index contributed by atoms with van der Waals surface area (Å²) in [5, 5.41) is 0.366. The van der Waals surface area contributed by atoms with Crippen LogP contribution >= 0.6 is 0 Å². The molecular weight excluding hydrogens is 427 g/mol. The van der Waals surface area contributed by atoms with Gasteiger partial charge in [-0.25, -0.2) is 0 Å². The summed E-state index contributed by atoms with van der Waals surface area (Å²) in [6.07, 6.45) is 1.08. The quantitative estimate of drug-likeness (QED) is 0.471. The van der Waals surface area contributed by atoms with E-state index in [9.17, 15) is 31.2 Å². The number of hydrogen-bond acceptors (Lipinski definition) is 6. The van der Waals surface area contributed by atoms with Gasteiger partial charge in [0.25, 0.3) is 11.8 Å². The maximum atomic E-state index is 12.7. The van der Waals surface area contributed by atoms with Crippen molar-refractivity contribution in [2.45, 2.75) is 38.3 Å². The van der Waals surface area contributed by atoms with Crippen LogP contribution < -0.4 is 0 Å². The molecule has 0 saturated carbocycles. The van der Waals surface area contributed by atoms with Gasteiger partial charge in [-0.2, -0.15) is 21.6 Å². The average Bonchev–Trinajstić information content (AvgIpc) is 2.69. The first-order chi connectivity index (χ1) is 14.0. The molecule has 3 rings (SSSR count). The van der Waals surface area contributed by atoms with E-state index in [-0.39, 0.29) is 27.7 Å². The summed E-state index contributed by atoms with van der Waals surface area (Å²) < 4.78 is 70.4. The standard InChI is InChI=1S/C19H18F3NO6S/c1-3-10-28-15(4-2)11-8-9-14-16-12(11)6-5-7-13(16)17(24)23(18(14)25)29-30(26,27)19(20,21)22/h5-9,15H,3-4,10H2,1-2H3. The molecule has 1 heterocycles. The predicted octanol–water partition coefficient (Wildman–Crippen LogP) is 4.09. The summed E-state index contributed by atoms with van der Waals surface area (Å²) in [5.74, 6) is -2.60. The number of amides is 2. The van der Waals surface area contributed by atoms with E-state index in [1.54, 1.807) is 12.1 Å². The fraction of sp³-hybridized carbons (Fsp3) is 0.368. The van der Waals surface area contributed by atoms with Gasteiger partial charge in [-0.1, -0.05) is 32.0 Å². The molecule has 1 atom stereocenters. The van der Waals surface area contributed by atoms with Crippen molar-refractivity contribution in [3.8, 4) is 0 Å². The monoisotopic (exact) mass is 445 g/mol. The van der Waals surface area contributed by atoms with Crippen molar-refractivity contribution in [1.82, 2.24) is 5.06 Å². The lowest BCUT2D eigenvalue weighted by molar-refractivity contribution is -0.0761. The lowest BCUT2D eigenvalue weighted by Gasteiger charge is -2.27. The van der Waals surface area contributed by atoms with Crippen molar-refractivity contribution < 1.29 is 40.2 Å². The van der Waals surface area contributed by atoms with Crippen LogP contribution in [-0.4, -0.2) is 37.4 Å². The van der Waals surface area contributed by atoms with Crippen LogP contribution in [0.1, 0.15) is 59.1 Å². The maximum absolute atomic E-state index is 12.7. The number of carbonyl (C=O) groups is 2. The zero-order chi connectivity index (χ0) is 22.3. The Balaban J connectivity index is 2.12. The number of benzene rings is 2. The first kappa shape index (κ1) is 22.2. The van der Waals surface area contributed by atoms with Gasteiger partial charge in [0, 0.05) is 12.0 Å². The second-order valence-corrected chi connectivity index (χ2v) is 8.10. The van der Waals surface area contributed by atoms with Gasteiger partial charge in [0.15, 0.2) is 0 Å². The zero-order valence-corrected chi connectivity index (χ0v) is 16.8. The number of rotatable bonds is 7. The molecule has 11 heteroatoms. The van der Waals surface area contributed by atoms with Crippen LogP contribution in [0.4, 0.5) is 13.2 Å². The number of halogens is 3. The van der Waals surface area contributed by atoms with E-state index < -0.39 is 27.4 Å². The lowest BCUT2D eigenvalue weighted by Crippen LogP contribution is -2.44. The summed E-state index contributed by atoms with van der Waals surface area (Å²) >= 11 is 0. The Kier molecular flexibility index (Phi) is 5.89. The number of hydroxylamine groups is 2. The van der Waals surface area contributed by atoms with E-state index in [4.69, 9.17) is 4.74 Å². The van der Waals surface area contributed by atoms with Gasteiger partial charge in [-0.15, -0.1) is 9.35 Å². The van der Waals surface area contributed by atoms with Gasteiger partial charge in [-0.3, -0.25) is 9.59 Å². The molecular formula is C19H18F3NO6S. The van der Waals surface area contributed by atoms with Crippen molar-refractivity contribution in [2.24, 2.45) is 0 Å². The second kappa shape index (κ2) is 7.97. The third-order valence-electron chi connectivity index (χ3n) is 4.60. The Morgan fingerprint density at radius 1 is 1.03 bits per heavy atom. The fourth-order valence-corrected chi connectivity index (χ4v) is 3.69. The third kappa shape index (κ3) is 3.68. The molecule has 1 aliphatic heterocycles. The van der Waals surface area contributed by atoms with Crippen LogP contribution in [0.3, 0.4) is 0 Å². The molecule has 0 fully saturated rings. The van der Waals surface area contributed by atoms with Gasteiger partial charge < -0.3 is 4.74 Å². The van der Waals surface area contributed by atoms with E-state index in [2.05, 4.69) is 4.28 Å². The highest BCUT2D eigenvalue weighted by molar-refractivity contribution is 7.87. The minimum absolute atomic E-state index is 0.147. The summed E-state index contributed by atoms with van der Waals surface area (Å²) in [6.45, 7) is 4.35. The highest BCUT2D eigenvalue weighted by atomic mass is 32.2. The van der Waals surface area contributed by atoms with E-state index in [1.807, 2.05) is 13.8 Å². The molecule has 2 aromatic carbocycles. The Labute approximate surface area is 170 Å². The summed E-state index contributed by atoms with van der Waals surface area (Å²) in [5.41, 5.74) is -5.38. The summed E-state index contributed by atoms with van der Waals surface area (Å²) in [4.78, 5) is 25.3. The van der Waals surface area contributed by atoms with Crippen LogP contribution in [0.2, 0.25) is 0 Å². The van der Waals surface area contributed by atoms with Crippen molar-refractivity contribution in [1.29, 1.82) is 0 Å². The molecule has 2 amide bonds. The second-order valence-electron chi connectivity index (χ2n) is 6.58. The predicted molar refractivity (Wildman–Crippen MR) is 99.8 cm³/mol. The van der Waals surface area contributed by atoms with E-state index in [0.29, 0.717) is 24.0 Å². The number of alkyl halides is 3. The molecule has 2 aromatic rings. The molecule has 0 radical (unpaired) electrons. The van der Waals surface area contributed by atoms with Gasteiger partial charge in [0.1, 0.15) is 0 Å². The molecule has 1 unspecified atom stereocenters. The number of carbonyl (C=O) groups excluding carboxylic acids is 2. The molecule has 0 spiro atoms. The zero-order valence-electron chi connectivity index (χ0n) is 16.0. The summed E-state index contributed by atoms with van der Waals surface area (Å²) in [6, 6.07) is 7.34. The average molecular weight is 445 g/mol.